The summed E-state index contributed by atoms with van der Waals surface area (Å²) >= 11 is 0. The van der Waals surface area contributed by atoms with Gasteiger partial charge in [0.25, 0.3) is 0 Å². The highest BCUT2D eigenvalue weighted by Crippen LogP contribution is 2.21. The first-order valence-electron chi connectivity index (χ1n) is 7.28. The van der Waals surface area contributed by atoms with Gasteiger partial charge in [-0.25, -0.2) is 18.2 Å². The standard InChI is InChI=1S/C14H18N4O4S/c1-22-14(19)17-5-2-6-18(8-7-17)23(20,21)11-3-4-12-13(9-11)16-10-15-12/h3-4,9-10H,2,5-8H2,1H3,(H,15,16). The molecule has 1 aromatic heterocycles. The van der Waals surface area contributed by atoms with Crippen molar-refractivity contribution in [1.82, 2.24) is 19.2 Å². The second-order valence-corrected chi connectivity index (χ2v) is 7.23. The Morgan fingerprint density at radius 3 is 2.87 bits per heavy atom. The number of amides is 1. The third kappa shape index (κ3) is 3.02. The van der Waals surface area contributed by atoms with E-state index in [-0.39, 0.29) is 11.4 Å². The van der Waals surface area contributed by atoms with Crippen LogP contribution in [0.2, 0.25) is 0 Å². The normalized spacial score (nSPS) is 17.2. The molecule has 1 aromatic carbocycles. The number of imidazole rings is 1. The molecule has 1 aliphatic rings. The van der Waals surface area contributed by atoms with E-state index < -0.39 is 16.1 Å². The summed E-state index contributed by atoms with van der Waals surface area (Å²) < 4.78 is 31.7. The summed E-state index contributed by atoms with van der Waals surface area (Å²) in [5.41, 5.74) is 1.40. The number of nitrogens with one attached hydrogen (secondary N) is 1. The average Bonchev–Trinajstić information content (AvgIpc) is 2.87. The number of nitrogens with zero attached hydrogens (tertiary/aromatic N) is 3. The fourth-order valence-corrected chi connectivity index (χ4v) is 4.17. The number of fused-ring (bicyclic) bond motifs is 1. The summed E-state index contributed by atoms with van der Waals surface area (Å²) in [7, 11) is -2.28. The Kier molecular flexibility index (Phi) is 4.22. The van der Waals surface area contributed by atoms with Crippen molar-refractivity contribution < 1.29 is 17.9 Å². The van der Waals surface area contributed by atoms with Gasteiger partial charge >= 0.3 is 6.09 Å². The molecule has 2 heterocycles. The van der Waals surface area contributed by atoms with Crippen molar-refractivity contribution in [2.24, 2.45) is 0 Å². The molecule has 8 nitrogen and oxygen atoms in total. The van der Waals surface area contributed by atoms with Crippen LogP contribution in [0, 0.1) is 0 Å². The predicted octanol–water partition coefficient (Wildman–Crippen LogP) is 1.03. The minimum Gasteiger partial charge on any atom is -0.453 e. The van der Waals surface area contributed by atoms with E-state index in [1.54, 1.807) is 18.2 Å². The topological polar surface area (TPSA) is 95.6 Å². The van der Waals surface area contributed by atoms with Crippen LogP contribution in [0.25, 0.3) is 11.0 Å². The quantitative estimate of drug-likeness (QED) is 0.882. The number of hydrogen-bond donors (Lipinski definition) is 1. The molecular formula is C14H18N4O4S. The van der Waals surface area contributed by atoms with E-state index in [2.05, 4.69) is 9.97 Å². The van der Waals surface area contributed by atoms with Gasteiger partial charge in [0.15, 0.2) is 0 Å². The lowest BCUT2D eigenvalue weighted by molar-refractivity contribution is 0.126. The number of carbonyl (C=O) groups excluding carboxylic acids is 1. The molecule has 2 aromatic rings. The molecule has 1 amide bonds. The van der Waals surface area contributed by atoms with Crippen LogP contribution in [0.3, 0.4) is 0 Å². The minimum absolute atomic E-state index is 0.223. The zero-order valence-electron chi connectivity index (χ0n) is 12.7. The van der Waals surface area contributed by atoms with Crippen LogP contribution < -0.4 is 0 Å². The molecule has 3 rings (SSSR count). The lowest BCUT2D eigenvalue weighted by Gasteiger charge is -2.21. The van der Waals surface area contributed by atoms with Crippen molar-refractivity contribution in [2.75, 3.05) is 33.3 Å². The molecule has 1 N–H and O–H groups in total. The number of aromatic amines is 1. The van der Waals surface area contributed by atoms with E-state index >= 15 is 0 Å². The summed E-state index contributed by atoms with van der Waals surface area (Å²) in [6.07, 6.45) is 1.67. The largest absolute Gasteiger partial charge is 0.453 e. The van der Waals surface area contributed by atoms with E-state index in [9.17, 15) is 13.2 Å². The first kappa shape index (κ1) is 15.8. The van der Waals surface area contributed by atoms with Gasteiger partial charge < -0.3 is 14.6 Å². The van der Waals surface area contributed by atoms with Gasteiger partial charge in [-0.2, -0.15) is 4.31 Å². The monoisotopic (exact) mass is 338 g/mol. The van der Waals surface area contributed by atoms with Gasteiger partial charge in [0.05, 0.1) is 29.4 Å². The molecule has 1 aliphatic heterocycles. The molecule has 1 saturated heterocycles. The van der Waals surface area contributed by atoms with Crippen molar-refractivity contribution in [3.63, 3.8) is 0 Å². The second-order valence-electron chi connectivity index (χ2n) is 5.30. The second kappa shape index (κ2) is 6.17. The number of carbonyl (C=O) groups is 1. The molecule has 0 spiro atoms. The maximum atomic E-state index is 12.8. The number of H-pyrrole nitrogens is 1. The number of sulfonamides is 1. The molecule has 0 radical (unpaired) electrons. The molecule has 0 aliphatic carbocycles. The highest BCUT2D eigenvalue weighted by molar-refractivity contribution is 7.89. The van der Waals surface area contributed by atoms with Crippen LogP contribution in [0.5, 0.6) is 0 Å². The number of benzene rings is 1. The third-order valence-electron chi connectivity index (χ3n) is 3.92. The lowest BCUT2D eigenvalue weighted by atomic mass is 10.3. The van der Waals surface area contributed by atoms with Crippen molar-refractivity contribution in [2.45, 2.75) is 11.3 Å². The highest BCUT2D eigenvalue weighted by Gasteiger charge is 2.28. The van der Waals surface area contributed by atoms with Gasteiger partial charge in [-0.3, -0.25) is 0 Å². The lowest BCUT2D eigenvalue weighted by Crippen LogP contribution is -2.37. The summed E-state index contributed by atoms with van der Waals surface area (Å²) in [4.78, 5) is 20.3. The van der Waals surface area contributed by atoms with E-state index in [4.69, 9.17) is 4.74 Å². The minimum atomic E-state index is -3.60. The van der Waals surface area contributed by atoms with E-state index in [0.717, 1.165) is 5.52 Å². The highest BCUT2D eigenvalue weighted by atomic mass is 32.2. The number of rotatable bonds is 2. The van der Waals surface area contributed by atoms with Gasteiger partial charge in [0.2, 0.25) is 10.0 Å². The van der Waals surface area contributed by atoms with Gasteiger partial charge in [0.1, 0.15) is 0 Å². The van der Waals surface area contributed by atoms with Crippen LogP contribution in [-0.2, 0) is 14.8 Å². The van der Waals surface area contributed by atoms with Crippen molar-refractivity contribution >= 4 is 27.1 Å². The summed E-state index contributed by atoms with van der Waals surface area (Å²) in [6.45, 7) is 1.42. The number of aromatic nitrogens is 2. The van der Waals surface area contributed by atoms with Gasteiger partial charge in [-0.1, -0.05) is 0 Å². The molecule has 0 atom stereocenters. The fourth-order valence-electron chi connectivity index (χ4n) is 2.67. The van der Waals surface area contributed by atoms with E-state index in [1.807, 2.05) is 0 Å². The summed E-state index contributed by atoms with van der Waals surface area (Å²) in [6, 6.07) is 4.82. The first-order valence-corrected chi connectivity index (χ1v) is 8.72. The Hall–Kier alpha value is -2.13. The molecular weight excluding hydrogens is 320 g/mol. The van der Waals surface area contributed by atoms with Gasteiger partial charge in [-0.05, 0) is 24.6 Å². The SMILES string of the molecule is COC(=O)N1CCCN(S(=O)(=O)c2ccc3nc[nH]c3c2)CC1. The molecule has 0 saturated carbocycles. The molecule has 1 fully saturated rings. The van der Waals surface area contributed by atoms with Gasteiger partial charge in [-0.15, -0.1) is 0 Å². The third-order valence-corrected chi connectivity index (χ3v) is 5.81. The van der Waals surface area contributed by atoms with Crippen LogP contribution in [0.1, 0.15) is 6.42 Å². The van der Waals surface area contributed by atoms with Crippen LogP contribution in [-0.4, -0.2) is 67.0 Å². The van der Waals surface area contributed by atoms with Crippen molar-refractivity contribution in [1.29, 1.82) is 0 Å². The predicted molar refractivity (Wildman–Crippen MR) is 83.4 cm³/mol. The maximum absolute atomic E-state index is 12.8. The zero-order chi connectivity index (χ0) is 16.4. The van der Waals surface area contributed by atoms with Crippen LogP contribution >= 0.6 is 0 Å². The van der Waals surface area contributed by atoms with E-state index in [0.29, 0.717) is 31.6 Å². The Bertz CT molecular complexity index is 817. The summed E-state index contributed by atoms with van der Waals surface area (Å²) in [5, 5.41) is 0. The number of methoxy groups -OCH3 is 1. The smallest absolute Gasteiger partial charge is 0.409 e. The average molecular weight is 338 g/mol. The molecule has 9 heteroatoms. The van der Waals surface area contributed by atoms with Crippen LogP contribution in [0.4, 0.5) is 4.79 Å². The Labute approximate surface area is 134 Å². The van der Waals surface area contributed by atoms with Crippen molar-refractivity contribution in [3.05, 3.63) is 24.5 Å². The summed E-state index contributed by atoms with van der Waals surface area (Å²) in [5.74, 6) is 0. The first-order chi connectivity index (χ1) is 11.0. The molecule has 23 heavy (non-hydrogen) atoms. The Morgan fingerprint density at radius 2 is 2.09 bits per heavy atom. The maximum Gasteiger partial charge on any atom is 0.409 e. The molecule has 0 unspecified atom stereocenters. The number of ether oxygens (including phenoxy) is 1. The molecule has 124 valence electrons. The zero-order valence-corrected chi connectivity index (χ0v) is 13.5. The molecule has 0 bridgehead atoms. The Morgan fingerprint density at radius 1 is 1.26 bits per heavy atom. The van der Waals surface area contributed by atoms with Gasteiger partial charge in [0, 0.05) is 26.2 Å². The number of hydrogen-bond acceptors (Lipinski definition) is 5. The Balaban J connectivity index is 1.83. The van der Waals surface area contributed by atoms with Crippen molar-refractivity contribution in [3.8, 4) is 0 Å². The fraction of sp³-hybridized carbons (Fsp3) is 0.429. The van der Waals surface area contributed by atoms with E-state index in [1.165, 1.54) is 22.6 Å². The van der Waals surface area contributed by atoms with Crippen LogP contribution in [0.15, 0.2) is 29.4 Å².